The molecule has 0 saturated carbocycles. The Morgan fingerprint density at radius 2 is 1.79 bits per heavy atom. The zero-order chi connectivity index (χ0) is 15.0. The van der Waals surface area contributed by atoms with E-state index >= 15 is 0 Å². The summed E-state index contributed by atoms with van der Waals surface area (Å²) in [6.45, 7) is 7.66. The van der Waals surface area contributed by atoms with Crippen molar-refractivity contribution in [3.05, 3.63) is 0 Å². The Bertz CT molecular complexity index is 331. The smallest absolute Gasteiger partial charge is 0.326 e. The lowest BCUT2D eigenvalue weighted by Crippen LogP contribution is -2.52. The summed E-state index contributed by atoms with van der Waals surface area (Å²) in [5, 5.41) is 14.0. The van der Waals surface area contributed by atoms with Gasteiger partial charge >= 0.3 is 12.0 Å². The van der Waals surface area contributed by atoms with Gasteiger partial charge in [-0.2, -0.15) is 0 Å². The molecule has 0 aliphatic carbocycles. The molecule has 0 rings (SSSR count). The van der Waals surface area contributed by atoms with Gasteiger partial charge in [0.15, 0.2) is 0 Å². The van der Waals surface area contributed by atoms with Gasteiger partial charge in [-0.25, -0.2) is 9.59 Å². The predicted octanol–water partition coefficient (Wildman–Crippen LogP) is 0.263. The van der Waals surface area contributed by atoms with Crippen LogP contribution in [-0.2, 0) is 9.59 Å². The number of nitrogens with zero attached hydrogens (tertiary/aromatic N) is 1. The average Bonchev–Trinajstić information content (AvgIpc) is 2.32. The van der Waals surface area contributed by atoms with Gasteiger partial charge in [0.1, 0.15) is 12.6 Å². The van der Waals surface area contributed by atoms with E-state index in [0.717, 1.165) is 0 Å². The highest BCUT2D eigenvalue weighted by Gasteiger charge is 2.26. The van der Waals surface area contributed by atoms with Gasteiger partial charge < -0.3 is 20.6 Å². The summed E-state index contributed by atoms with van der Waals surface area (Å²) in [7, 11) is 0. The summed E-state index contributed by atoms with van der Waals surface area (Å²) in [6, 6.07) is -1.51. The average molecular weight is 273 g/mol. The second-order valence-corrected chi connectivity index (χ2v) is 4.48. The molecular formula is C12H23N3O4. The monoisotopic (exact) mass is 273 g/mol. The van der Waals surface area contributed by atoms with E-state index < -0.39 is 18.0 Å². The number of rotatable bonds is 7. The van der Waals surface area contributed by atoms with Gasteiger partial charge in [-0.15, -0.1) is 0 Å². The number of carbonyl (C=O) groups excluding carboxylic acids is 2. The second-order valence-electron chi connectivity index (χ2n) is 4.48. The molecule has 0 aliphatic rings. The quantitative estimate of drug-likeness (QED) is 0.619. The summed E-state index contributed by atoms with van der Waals surface area (Å²) in [5.41, 5.74) is 0. The molecule has 110 valence electrons. The molecule has 0 spiro atoms. The third-order valence-corrected chi connectivity index (χ3v) is 2.59. The van der Waals surface area contributed by atoms with Crippen LogP contribution in [0.2, 0.25) is 0 Å². The van der Waals surface area contributed by atoms with Gasteiger partial charge in [0.25, 0.3) is 0 Å². The van der Waals surface area contributed by atoms with Gasteiger partial charge in [0, 0.05) is 13.1 Å². The number of hydrogen-bond acceptors (Lipinski definition) is 3. The minimum absolute atomic E-state index is 0.0827. The number of carboxylic acid groups (broad SMARTS) is 1. The zero-order valence-electron chi connectivity index (χ0n) is 11.9. The van der Waals surface area contributed by atoms with Gasteiger partial charge in [-0.05, 0) is 19.8 Å². The molecule has 0 heterocycles. The third-order valence-electron chi connectivity index (χ3n) is 2.59. The van der Waals surface area contributed by atoms with Crippen molar-refractivity contribution in [3.63, 3.8) is 0 Å². The number of likely N-dealkylation sites (N-methyl/N-ethyl adjacent to an activating group) is 2. The van der Waals surface area contributed by atoms with Crippen LogP contribution < -0.4 is 10.6 Å². The molecule has 3 amide bonds. The van der Waals surface area contributed by atoms with Crippen LogP contribution in [0.5, 0.6) is 0 Å². The lowest BCUT2D eigenvalue weighted by Gasteiger charge is -2.25. The Hall–Kier alpha value is -1.79. The fourth-order valence-corrected chi connectivity index (χ4v) is 1.49. The molecule has 3 N–H and O–H groups in total. The molecule has 0 bridgehead atoms. The molecule has 0 radical (unpaired) electrons. The van der Waals surface area contributed by atoms with Crippen LogP contribution in [0.4, 0.5) is 4.79 Å². The number of hydrogen-bond donors (Lipinski definition) is 3. The lowest BCUT2D eigenvalue weighted by molar-refractivity contribution is -0.140. The Balaban J connectivity index is 4.58. The maximum absolute atomic E-state index is 11.9. The van der Waals surface area contributed by atoms with Crippen LogP contribution in [0.3, 0.4) is 0 Å². The zero-order valence-corrected chi connectivity index (χ0v) is 11.9. The molecule has 0 aromatic carbocycles. The first-order chi connectivity index (χ1) is 8.83. The first kappa shape index (κ1) is 17.2. The second kappa shape index (κ2) is 8.34. The number of urea groups is 1. The highest BCUT2D eigenvalue weighted by Crippen LogP contribution is 2.03. The summed E-state index contributed by atoms with van der Waals surface area (Å²) in [6.07, 6.45) is 0. The van der Waals surface area contributed by atoms with E-state index in [1.54, 1.807) is 27.7 Å². The van der Waals surface area contributed by atoms with Crippen molar-refractivity contribution >= 4 is 17.9 Å². The molecule has 1 atom stereocenters. The molecule has 19 heavy (non-hydrogen) atoms. The van der Waals surface area contributed by atoms with E-state index in [2.05, 4.69) is 10.6 Å². The molecule has 0 fully saturated rings. The van der Waals surface area contributed by atoms with Crippen LogP contribution >= 0.6 is 0 Å². The summed E-state index contributed by atoms with van der Waals surface area (Å²) >= 11 is 0. The Labute approximate surface area is 113 Å². The van der Waals surface area contributed by atoms with Crippen LogP contribution in [0.1, 0.15) is 27.7 Å². The normalized spacial score (nSPS) is 11.8. The van der Waals surface area contributed by atoms with Crippen molar-refractivity contribution < 1.29 is 19.5 Å². The van der Waals surface area contributed by atoms with E-state index in [4.69, 9.17) is 5.11 Å². The molecule has 0 aromatic rings. The van der Waals surface area contributed by atoms with E-state index in [9.17, 15) is 14.4 Å². The number of carbonyl (C=O) groups is 3. The van der Waals surface area contributed by atoms with Crippen molar-refractivity contribution in [2.75, 3.05) is 19.6 Å². The molecule has 0 aliphatic heterocycles. The van der Waals surface area contributed by atoms with E-state index in [1.165, 1.54) is 4.90 Å². The van der Waals surface area contributed by atoms with E-state index in [1.807, 2.05) is 0 Å². The molecular weight excluding hydrogens is 250 g/mol. The van der Waals surface area contributed by atoms with Crippen molar-refractivity contribution in [3.8, 4) is 0 Å². The van der Waals surface area contributed by atoms with Gasteiger partial charge in [-0.3, -0.25) is 4.79 Å². The molecule has 7 heteroatoms. The maximum atomic E-state index is 11.9. The Morgan fingerprint density at radius 3 is 2.16 bits per heavy atom. The largest absolute Gasteiger partial charge is 0.480 e. The maximum Gasteiger partial charge on any atom is 0.326 e. The number of carboxylic acids is 1. The molecule has 0 aromatic heterocycles. The highest BCUT2D eigenvalue weighted by molar-refractivity contribution is 5.86. The topological polar surface area (TPSA) is 98.7 Å². The van der Waals surface area contributed by atoms with Gasteiger partial charge in [0.2, 0.25) is 5.91 Å². The predicted molar refractivity (Wildman–Crippen MR) is 70.7 cm³/mol. The van der Waals surface area contributed by atoms with Crippen molar-refractivity contribution in [1.82, 2.24) is 15.5 Å². The Morgan fingerprint density at radius 1 is 1.21 bits per heavy atom. The number of aliphatic carboxylic acids is 1. The van der Waals surface area contributed by atoms with Crippen LogP contribution in [0, 0.1) is 5.92 Å². The van der Waals surface area contributed by atoms with Crippen LogP contribution in [-0.4, -0.2) is 53.6 Å². The number of nitrogens with one attached hydrogen (secondary N) is 2. The minimum atomic E-state index is -1.09. The van der Waals surface area contributed by atoms with Crippen molar-refractivity contribution in [2.45, 2.75) is 33.7 Å². The lowest BCUT2D eigenvalue weighted by atomic mass is 10.1. The summed E-state index contributed by atoms with van der Waals surface area (Å²) in [4.78, 5) is 35.6. The SMILES string of the molecule is CCNC(=O)CN(CC)C(=O)NC(C(=O)O)C(C)C. The Kier molecular flexibility index (Phi) is 7.55. The minimum Gasteiger partial charge on any atom is -0.480 e. The van der Waals surface area contributed by atoms with Crippen molar-refractivity contribution in [2.24, 2.45) is 5.92 Å². The highest BCUT2D eigenvalue weighted by atomic mass is 16.4. The fraction of sp³-hybridized carbons (Fsp3) is 0.750. The standard InChI is InChI=1S/C12H23N3O4/c1-5-13-9(16)7-15(6-2)12(19)14-10(8(3)4)11(17)18/h8,10H,5-7H2,1-4H3,(H,13,16)(H,14,19)(H,17,18). The van der Waals surface area contributed by atoms with Crippen molar-refractivity contribution in [1.29, 1.82) is 0 Å². The molecule has 7 nitrogen and oxygen atoms in total. The van der Waals surface area contributed by atoms with Crippen LogP contribution in [0.15, 0.2) is 0 Å². The summed E-state index contributed by atoms with van der Waals surface area (Å²) < 4.78 is 0. The van der Waals surface area contributed by atoms with Gasteiger partial charge in [-0.1, -0.05) is 13.8 Å². The first-order valence-corrected chi connectivity index (χ1v) is 6.38. The molecule has 1 unspecified atom stereocenters. The van der Waals surface area contributed by atoms with E-state index in [0.29, 0.717) is 13.1 Å². The van der Waals surface area contributed by atoms with Crippen LogP contribution in [0.25, 0.3) is 0 Å². The van der Waals surface area contributed by atoms with E-state index in [-0.39, 0.29) is 18.4 Å². The fourth-order valence-electron chi connectivity index (χ4n) is 1.49. The number of amides is 3. The molecule has 0 saturated heterocycles. The summed E-state index contributed by atoms with van der Waals surface area (Å²) in [5.74, 6) is -1.59. The third kappa shape index (κ3) is 6.08. The van der Waals surface area contributed by atoms with Gasteiger partial charge in [0.05, 0.1) is 0 Å². The first-order valence-electron chi connectivity index (χ1n) is 6.38.